The molecule has 2 aromatic heterocycles. The molecule has 0 aromatic carbocycles. The predicted molar refractivity (Wildman–Crippen MR) is 91.8 cm³/mol. The largest absolute Gasteiger partial charge is 0.380 e. The highest BCUT2D eigenvalue weighted by Gasteiger charge is 2.35. The molecule has 1 fully saturated rings. The van der Waals surface area contributed by atoms with Crippen LogP contribution in [0, 0.1) is 10.8 Å². The van der Waals surface area contributed by atoms with Gasteiger partial charge in [0.1, 0.15) is 0 Å². The summed E-state index contributed by atoms with van der Waals surface area (Å²) in [5.41, 5.74) is 1.20. The minimum Gasteiger partial charge on any atom is -0.380 e. The number of aryl methyl sites for hydroxylation is 1. The summed E-state index contributed by atoms with van der Waals surface area (Å²) in [5.74, 6) is -0.231. The van der Waals surface area contributed by atoms with Crippen molar-refractivity contribution in [1.82, 2.24) is 30.1 Å². The Morgan fingerprint density at radius 1 is 1.40 bits per heavy atom. The minimum absolute atomic E-state index is 0.0745. The van der Waals surface area contributed by atoms with Crippen LogP contribution in [0.3, 0.4) is 0 Å². The second-order valence-electron chi connectivity index (χ2n) is 8.32. The van der Waals surface area contributed by atoms with Crippen LogP contribution in [0.1, 0.15) is 49.8 Å². The molecule has 1 aliphatic heterocycles. The van der Waals surface area contributed by atoms with E-state index in [4.69, 9.17) is 4.74 Å². The number of hydrogen-bond acceptors (Lipinski definition) is 5. The van der Waals surface area contributed by atoms with Crippen LogP contribution >= 0.6 is 0 Å². The molecule has 1 amide bonds. The quantitative estimate of drug-likeness (QED) is 0.888. The van der Waals surface area contributed by atoms with E-state index < -0.39 is 0 Å². The lowest BCUT2D eigenvalue weighted by Crippen LogP contribution is -2.43. The molecule has 0 bridgehead atoms. The van der Waals surface area contributed by atoms with Crippen LogP contribution in [-0.2, 0) is 18.3 Å². The normalized spacial score (nSPS) is 17.8. The number of nitrogens with one attached hydrogen (secondary N) is 1. The SMILES string of the molecule is Cn1cc(C(NC(=O)c2cn(CC3(C)COC3)nn2)C(C)(C)C)cn1. The van der Waals surface area contributed by atoms with Crippen molar-refractivity contribution in [1.29, 1.82) is 0 Å². The fourth-order valence-electron chi connectivity index (χ4n) is 3.01. The van der Waals surface area contributed by atoms with E-state index in [2.05, 4.69) is 48.4 Å². The van der Waals surface area contributed by atoms with Gasteiger partial charge in [-0.05, 0) is 5.41 Å². The molecule has 0 spiro atoms. The van der Waals surface area contributed by atoms with Crippen LogP contribution in [0.2, 0.25) is 0 Å². The Morgan fingerprint density at radius 3 is 2.64 bits per heavy atom. The van der Waals surface area contributed by atoms with Gasteiger partial charge in [0.2, 0.25) is 0 Å². The molecule has 25 heavy (non-hydrogen) atoms. The summed E-state index contributed by atoms with van der Waals surface area (Å²) < 4.78 is 8.71. The Kier molecular flexibility index (Phi) is 4.40. The van der Waals surface area contributed by atoms with E-state index in [9.17, 15) is 4.79 Å². The zero-order valence-electron chi connectivity index (χ0n) is 15.5. The van der Waals surface area contributed by atoms with Gasteiger partial charge in [-0.2, -0.15) is 5.10 Å². The van der Waals surface area contributed by atoms with Gasteiger partial charge in [-0.3, -0.25) is 14.2 Å². The monoisotopic (exact) mass is 346 g/mol. The highest BCUT2D eigenvalue weighted by Crippen LogP contribution is 2.32. The second-order valence-corrected chi connectivity index (χ2v) is 8.32. The maximum atomic E-state index is 12.7. The molecule has 136 valence electrons. The lowest BCUT2D eigenvalue weighted by molar-refractivity contribution is -0.111. The van der Waals surface area contributed by atoms with Crippen LogP contribution < -0.4 is 5.32 Å². The molecule has 8 heteroatoms. The number of carbonyl (C=O) groups excluding carboxylic acids is 1. The number of rotatable bonds is 5. The molecule has 2 aromatic rings. The number of carbonyl (C=O) groups is 1. The number of amides is 1. The van der Waals surface area contributed by atoms with Crippen molar-refractivity contribution < 1.29 is 9.53 Å². The van der Waals surface area contributed by atoms with E-state index in [-0.39, 0.29) is 22.8 Å². The number of nitrogens with zero attached hydrogens (tertiary/aromatic N) is 5. The first-order valence-electron chi connectivity index (χ1n) is 8.44. The molecule has 3 rings (SSSR count). The molecule has 1 aliphatic rings. The maximum absolute atomic E-state index is 12.7. The van der Waals surface area contributed by atoms with E-state index in [1.807, 2.05) is 13.2 Å². The molecule has 0 radical (unpaired) electrons. The van der Waals surface area contributed by atoms with Crippen molar-refractivity contribution in [3.8, 4) is 0 Å². The number of ether oxygens (including phenoxy) is 1. The molecule has 0 saturated carbocycles. The predicted octanol–water partition coefficient (Wildman–Crippen LogP) is 1.57. The highest BCUT2D eigenvalue weighted by atomic mass is 16.5. The molecule has 3 heterocycles. The van der Waals surface area contributed by atoms with Crippen LogP contribution in [0.15, 0.2) is 18.6 Å². The molecule has 1 atom stereocenters. The third kappa shape index (κ3) is 3.89. The summed E-state index contributed by atoms with van der Waals surface area (Å²) in [6.07, 6.45) is 5.40. The first kappa shape index (κ1) is 17.6. The maximum Gasteiger partial charge on any atom is 0.273 e. The minimum atomic E-state index is -0.231. The van der Waals surface area contributed by atoms with E-state index in [0.717, 1.165) is 5.56 Å². The molecule has 8 nitrogen and oxygen atoms in total. The van der Waals surface area contributed by atoms with Crippen LogP contribution in [0.25, 0.3) is 0 Å². The Labute approximate surface area is 147 Å². The fourth-order valence-corrected chi connectivity index (χ4v) is 3.01. The Balaban J connectivity index is 1.72. The number of aromatic nitrogens is 5. The van der Waals surface area contributed by atoms with Gasteiger partial charge >= 0.3 is 0 Å². The van der Waals surface area contributed by atoms with E-state index in [1.165, 1.54) is 0 Å². The zero-order chi connectivity index (χ0) is 18.2. The average molecular weight is 346 g/mol. The van der Waals surface area contributed by atoms with Crippen molar-refractivity contribution in [2.45, 2.75) is 40.3 Å². The molecule has 0 aliphatic carbocycles. The van der Waals surface area contributed by atoms with Gasteiger partial charge in [-0.25, -0.2) is 0 Å². The van der Waals surface area contributed by atoms with Gasteiger partial charge in [-0.15, -0.1) is 5.10 Å². The van der Waals surface area contributed by atoms with Crippen molar-refractivity contribution in [2.75, 3.05) is 13.2 Å². The van der Waals surface area contributed by atoms with Crippen molar-refractivity contribution in [2.24, 2.45) is 17.9 Å². The van der Waals surface area contributed by atoms with E-state index >= 15 is 0 Å². The summed E-state index contributed by atoms with van der Waals surface area (Å²) in [5, 5.41) is 15.4. The lowest BCUT2D eigenvalue weighted by Gasteiger charge is -2.37. The van der Waals surface area contributed by atoms with Crippen molar-refractivity contribution in [3.63, 3.8) is 0 Å². The topological polar surface area (TPSA) is 86.9 Å². The first-order valence-corrected chi connectivity index (χ1v) is 8.44. The molecule has 1 N–H and O–H groups in total. The van der Waals surface area contributed by atoms with Crippen LogP contribution in [0.5, 0.6) is 0 Å². The first-order chi connectivity index (χ1) is 11.7. The van der Waals surface area contributed by atoms with E-state index in [0.29, 0.717) is 25.5 Å². The lowest BCUT2D eigenvalue weighted by atomic mass is 9.83. The number of hydrogen-bond donors (Lipinski definition) is 1. The molecular formula is C17H26N6O2. The fraction of sp³-hybridized carbons (Fsp3) is 0.647. The van der Waals surface area contributed by atoms with Gasteiger partial charge in [0.15, 0.2) is 5.69 Å². The van der Waals surface area contributed by atoms with Gasteiger partial charge in [0, 0.05) is 24.2 Å². The standard InChI is InChI=1S/C17H26N6O2/c1-16(2,3)14(12-6-18-22(5)7-12)19-15(24)13-8-23(21-20-13)9-17(4)10-25-11-17/h6-8,14H,9-11H2,1-5H3,(H,19,24). The summed E-state index contributed by atoms with van der Waals surface area (Å²) in [6, 6.07) is -0.170. The third-order valence-electron chi connectivity index (χ3n) is 4.42. The molecule has 1 unspecified atom stereocenters. The zero-order valence-corrected chi connectivity index (χ0v) is 15.5. The van der Waals surface area contributed by atoms with Crippen molar-refractivity contribution in [3.05, 3.63) is 29.8 Å². The van der Waals surface area contributed by atoms with Gasteiger partial charge in [-0.1, -0.05) is 32.9 Å². The van der Waals surface area contributed by atoms with E-state index in [1.54, 1.807) is 21.8 Å². The van der Waals surface area contributed by atoms with Crippen molar-refractivity contribution >= 4 is 5.91 Å². The Hall–Kier alpha value is -2.22. The van der Waals surface area contributed by atoms with Crippen LogP contribution in [-0.4, -0.2) is 43.9 Å². The Morgan fingerprint density at radius 2 is 2.12 bits per heavy atom. The highest BCUT2D eigenvalue weighted by molar-refractivity contribution is 5.92. The molecular weight excluding hydrogens is 320 g/mol. The average Bonchev–Trinajstić information content (AvgIpc) is 3.11. The van der Waals surface area contributed by atoms with Gasteiger partial charge in [0.25, 0.3) is 5.91 Å². The van der Waals surface area contributed by atoms with Gasteiger partial charge in [0.05, 0.1) is 38.2 Å². The third-order valence-corrected chi connectivity index (χ3v) is 4.42. The van der Waals surface area contributed by atoms with Crippen LogP contribution in [0.4, 0.5) is 0 Å². The summed E-state index contributed by atoms with van der Waals surface area (Å²) in [6.45, 7) is 10.5. The molecule has 1 saturated heterocycles. The Bertz CT molecular complexity index is 753. The summed E-state index contributed by atoms with van der Waals surface area (Å²) in [7, 11) is 1.86. The summed E-state index contributed by atoms with van der Waals surface area (Å²) >= 11 is 0. The second kappa shape index (κ2) is 6.25. The smallest absolute Gasteiger partial charge is 0.273 e. The van der Waals surface area contributed by atoms with Gasteiger partial charge < -0.3 is 10.1 Å². The summed E-state index contributed by atoms with van der Waals surface area (Å²) in [4.78, 5) is 12.7.